The number of amides is 1. The average Bonchev–Trinajstić information content (AvgIpc) is 3.40. The molecule has 9 heteroatoms. The van der Waals surface area contributed by atoms with Crippen molar-refractivity contribution in [3.63, 3.8) is 0 Å². The van der Waals surface area contributed by atoms with E-state index < -0.39 is 23.5 Å². The molecule has 0 unspecified atom stereocenters. The molecule has 2 aromatic rings. The Kier molecular flexibility index (Phi) is 5.43. The number of carbonyl (C=O) groups is 1. The van der Waals surface area contributed by atoms with Crippen molar-refractivity contribution in [1.82, 2.24) is 9.88 Å². The highest BCUT2D eigenvalue weighted by Gasteiger charge is 2.43. The largest absolute Gasteiger partial charge is 0.356 e. The van der Waals surface area contributed by atoms with Gasteiger partial charge in [-0.25, -0.2) is 13.2 Å². The van der Waals surface area contributed by atoms with Gasteiger partial charge in [0.1, 0.15) is 17.7 Å². The molecule has 3 heterocycles. The fraction of sp³-hybridized carbons (Fsp3) is 0.429. The Balaban J connectivity index is 1.37. The summed E-state index contributed by atoms with van der Waals surface area (Å²) in [5.41, 5.74) is 6.55. The highest BCUT2D eigenvalue weighted by molar-refractivity contribution is 5.78. The van der Waals surface area contributed by atoms with Crippen LogP contribution in [-0.4, -0.2) is 47.5 Å². The molecule has 2 fully saturated rings. The van der Waals surface area contributed by atoms with E-state index >= 15 is 0 Å². The van der Waals surface area contributed by atoms with Gasteiger partial charge in [0.15, 0.2) is 11.6 Å². The number of aromatic nitrogens is 1. The van der Waals surface area contributed by atoms with E-state index in [0.717, 1.165) is 24.8 Å². The number of aromatic amines is 1. The first-order chi connectivity index (χ1) is 14.4. The second-order valence-corrected chi connectivity index (χ2v) is 8.02. The molecule has 3 atom stereocenters. The summed E-state index contributed by atoms with van der Waals surface area (Å²) < 4.78 is 40.3. The standard InChI is InChI=1S/C21H22F3N5O/c22-16-7-18(24)17(23)5-14(16)4-15(26)6-21(30)29-2-1-13-10-28(11-19(13)29)20-3-12(8-25)9-27-20/h3,5,7,9,13,15,19,27H,1-2,4,6,10-11,26H2/t13-,15+,19+/m0/s1. The number of carbonyl (C=O) groups excluding carboxylic acids is 1. The molecular formula is C21H22F3N5O. The van der Waals surface area contributed by atoms with Crippen molar-refractivity contribution in [2.45, 2.75) is 31.3 Å². The number of hydrogen-bond acceptors (Lipinski definition) is 4. The number of anilines is 1. The van der Waals surface area contributed by atoms with E-state index in [4.69, 9.17) is 11.0 Å². The van der Waals surface area contributed by atoms with Crippen LogP contribution in [0.25, 0.3) is 0 Å². The van der Waals surface area contributed by atoms with E-state index in [-0.39, 0.29) is 30.4 Å². The molecule has 0 aliphatic carbocycles. The third kappa shape index (κ3) is 3.87. The van der Waals surface area contributed by atoms with E-state index in [9.17, 15) is 18.0 Å². The number of halogens is 3. The van der Waals surface area contributed by atoms with Gasteiger partial charge in [-0.05, 0) is 30.5 Å². The van der Waals surface area contributed by atoms with Crippen LogP contribution in [0.15, 0.2) is 24.4 Å². The maximum atomic E-state index is 13.9. The summed E-state index contributed by atoms with van der Waals surface area (Å²) >= 11 is 0. The zero-order valence-electron chi connectivity index (χ0n) is 16.2. The Hall–Kier alpha value is -2.99. The third-order valence-corrected chi connectivity index (χ3v) is 6.01. The van der Waals surface area contributed by atoms with Crippen molar-refractivity contribution < 1.29 is 18.0 Å². The summed E-state index contributed by atoms with van der Waals surface area (Å²) in [5, 5.41) is 8.99. The summed E-state index contributed by atoms with van der Waals surface area (Å²) in [6.45, 7) is 2.10. The van der Waals surface area contributed by atoms with Crippen LogP contribution in [0.3, 0.4) is 0 Å². The molecule has 2 saturated heterocycles. The van der Waals surface area contributed by atoms with E-state index in [2.05, 4.69) is 16.0 Å². The van der Waals surface area contributed by atoms with Crippen LogP contribution in [0.5, 0.6) is 0 Å². The zero-order valence-corrected chi connectivity index (χ0v) is 16.2. The molecule has 4 rings (SSSR count). The lowest BCUT2D eigenvalue weighted by Crippen LogP contribution is -2.42. The normalized spacial score (nSPS) is 21.6. The Bertz CT molecular complexity index is 1000. The molecule has 3 N–H and O–H groups in total. The van der Waals surface area contributed by atoms with E-state index in [1.165, 1.54) is 0 Å². The van der Waals surface area contributed by atoms with Gasteiger partial charge in [-0.2, -0.15) is 5.26 Å². The predicted molar refractivity (Wildman–Crippen MR) is 104 cm³/mol. The van der Waals surface area contributed by atoms with Gasteiger partial charge in [0.2, 0.25) is 5.91 Å². The summed E-state index contributed by atoms with van der Waals surface area (Å²) in [6.07, 6.45) is 2.49. The van der Waals surface area contributed by atoms with Gasteiger partial charge in [-0.1, -0.05) is 0 Å². The van der Waals surface area contributed by atoms with E-state index in [1.54, 1.807) is 12.3 Å². The number of nitriles is 1. The minimum absolute atomic E-state index is 0.00272. The molecule has 2 aliphatic heterocycles. The second-order valence-electron chi connectivity index (χ2n) is 8.02. The Morgan fingerprint density at radius 2 is 2.00 bits per heavy atom. The molecular weight excluding hydrogens is 395 g/mol. The average molecular weight is 417 g/mol. The number of nitrogens with two attached hydrogens (primary N) is 1. The first-order valence-corrected chi connectivity index (χ1v) is 9.87. The Morgan fingerprint density at radius 1 is 1.23 bits per heavy atom. The number of fused-ring (bicyclic) bond motifs is 1. The van der Waals surface area contributed by atoms with E-state index in [0.29, 0.717) is 30.6 Å². The van der Waals surface area contributed by atoms with Crippen LogP contribution in [0, 0.1) is 34.7 Å². The molecule has 2 aliphatic rings. The molecule has 30 heavy (non-hydrogen) atoms. The maximum Gasteiger partial charge on any atom is 0.224 e. The molecule has 0 spiro atoms. The summed E-state index contributed by atoms with van der Waals surface area (Å²) in [6, 6.07) is 4.53. The molecule has 0 saturated carbocycles. The lowest BCUT2D eigenvalue weighted by atomic mass is 10.0. The van der Waals surface area contributed by atoms with Crippen LogP contribution in [0.4, 0.5) is 19.0 Å². The Morgan fingerprint density at radius 3 is 2.73 bits per heavy atom. The van der Waals surface area contributed by atoms with Gasteiger partial charge < -0.3 is 20.5 Å². The van der Waals surface area contributed by atoms with Crippen molar-refractivity contribution in [3.8, 4) is 6.07 Å². The molecule has 0 bridgehead atoms. The SMILES string of the molecule is N#Cc1c[nH]c(N2C[C@@H]3CCN(C(=O)C[C@H](N)Cc4cc(F)c(F)cc4F)[C@@H]3C2)c1. The van der Waals surface area contributed by atoms with E-state index in [1.807, 2.05) is 4.90 Å². The predicted octanol–water partition coefficient (Wildman–Crippen LogP) is 2.30. The minimum Gasteiger partial charge on any atom is -0.356 e. The highest BCUT2D eigenvalue weighted by Crippen LogP contribution is 2.34. The molecule has 0 radical (unpaired) electrons. The molecule has 1 aromatic carbocycles. The highest BCUT2D eigenvalue weighted by atomic mass is 19.2. The smallest absolute Gasteiger partial charge is 0.224 e. The second kappa shape index (κ2) is 8.03. The number of nitrogens with one attached hydrogen (secondary N) is 1. The first kappa shape index (κ1) is 20.3. The fourth-order valence-electron chi connectivity index (χ4n) is 4.51. The monoisotopic (exact) mass is 417 g/mol. The van der Waals surface area contributed by atoms with Crippen molar-refractivity contribution in [1.29, 1.82) is 5.26 Å². The zero-order chi connectivity index (χ0) is 21.4. The summed E-state index contributed by atoms with van der Waals surface area (Å²) in [7, 11) is 0. The quantitative estimate of drug-likeness (QED) is 0.731. The number of H-pyrrole nitrogens is 1. The molecule has 158 valence electrons. The van der Waals surface area contributed by atoms with Crippen LogP contribution in [-0.2, 0) is 11.2 Å². The molecule has 1 amide bonds. The number of nitrogens with zero attached hydrogens (tertiary/aromatic N) is 3. The van der Waals surface area contributed by atoms with Gasteiger partial charge in [0, 0.05) is 50.3 Å². The van der Waals surface area contributed by atoms with Crippen molar-refractivity contribution in [2.75, 3.05) is 24.5 Å². The third-order valence-electron chi connectivity index (χ3n) is 6.01. The summed E-state index contributed by atoms with van der Waals surface area (Å²) in [4.78, 5) is 19.9. The number of likely N-dealkylation sites (tertiary alicyclic amines) is 1. The number of rotatable bonds is 5. The van der Waals surface area contributed by atoms with Gasteiger partial charge in [-0.3, -0.25) is 4.79 Å². The van der Waals surface area contributed by atoms with Crippen LogP contribution < -0.4 is 10.6 Å². The molecule has 1 aromatic heterocycles. The van der Waals surface area contributed by atoms with Crippen LogP contribution in [0.2, 0.25) is 0 Å². The van der Waals surface area contributed by atoms with Crippen LogP contribution in [0.1, 0.15) is 24.0 Å². The fourth-order valence-corrected chi connectivity index (χ4v) is 4.51. The Labute approximate surface area is 172 Å². The van der Waals surface area contributed by atoms with Gasteiger partial charge in [0.25, 0.3) is 0 Å². The summed E-state index contributed by atoms with van der Waals surface area (Å²) in [5.74, 6) is -2.18. The topological polar surface area (TPSA) is 89.2 Å². The van der Waals surface area contributed by atoms with Crippen molar-refractivity contribution >= 4 is 11.7 Å². The number of benzene rings is 1. The maximum absolute atomic E-state index is 13.9. The van der Waals surface area contributed by atoms with Gasteiger partial charge >= 0.3 is 0 Å². The van der Waals surface area contributed by atoms with Crippen molar-refractivity contribution in [3.05, 3.63) is 53.0 Å². The lowest BCUT2D eigenvalue weighted by molar-refractivity contribution is -0.132. The lowest BCUT2D eigenvalue weighted by Gasteiger charge is -2.26. The minimum atomic E-state index is -1.25. The molecule has 6 nitrogen and oxygen atoms in total. The first-order valence-electron chi connectivity index (χ1n) is 9.87. The van der Waals surface area contributed by atoms with Crippen LogP contribution >= 0.6 is 0 Å². The number of hydrogen-bond donors (Lipinski definition) is 2. The van der Waals surface area contributed by atoms with Crippen molar-refractivity contribution in [2.24, 2.45) is 11.7 Å². The van der Waals surface area contributed by atoms with Gasteiger partial charge in [0.05, 0.1) is 11.6 Å². The van der Waals surface area contributed by atoms with Gasteiger partial charge in [-0.15, -0.1) is 0 Å².